The number of aryl methyl sites for hydroxylation is 1. The summed E-state index contributed by atoms with van der Waals surface area (Å²) in [5, 5.41) is 13.3. The lowest BCUT2D eigenvalue weighted by atomic mass is 9.77. The van der Waals surface area contributed by atoms with Crippen LogP contribution >= 0.6 is 0 Å². The van der Waals surface area contributed by atoms with E-state index in [0.29, 0.717) is 11.8 Å². The van der Waals surface area contributed by atoms with E-state index in [1.54, 1.807) is 20.5 Å². The van der Waals surface area contributed by atoms with E-state index in [0.717, 1.165) is 55.4 Å². The molecule has 3 heterocycles. The van der Waals surface area contributed by atoms with Crippen molar-refractivity contribution in [1.29, 1.82) is 0 Å². The van der Waals surface area contributed by atoms with Gasteiger partial charge in [0.25, 0.3) is 0 Å². The Balaban J connectivity index is 1.37. The van der Waals surface area contributed by atoms with E-state index < -0.39 is 0 Å². The molecule has 1 aliphatic carbocycles. The minimum atomic E-state index is 0.109. The molecule has 1 saturated carbocycles. The highest BCUT2D eigenvalue weighted by Gasteiger charge is 2.44. The summed E-state index contributed by atoms with van der Waals surface area (Å²) in [4.78, 5) is 6.88. The standard InChI is InChI=1S/C22H29N7O2/c1-4-28-22(23-14-24-28)27-11-15-9-19(21(31-3)10-16(15)12-27)29-13-18(25-26-29)17-7-5-6-8-20(17)30-2/h5-8,13-16,19,21H,4,9-12H2,1-3H3/t15-,16+,19-,21-/m1/s1. The molecule has 9 heteroatoms. The molecule has 2 aliphatic rings. The fourth-order valence-corrected chi connectivity index (χ4v) is 5.23. The monoisotopic (exact) mass is 423 g/mol. The van der Waals surface area contributed by atoms with E-state index in [1.807, 2.05) is 39.8 Å². The summed E-state index contributed by atoms with van der Waals surface area (Å²) >= 11 is 0. The molecule has 2 fully saturated rings. The molecule has 1 aromatic carbocycles. The number of hydrogen-bond acceptors (Lipinski definition) is 7. The highest BCUT2D eigenvalue weighted by Crippen LogP contribution is 2.43. The smallest absolute Gasteiger partial charge is 0.223 e. The third-order valence-electron chi connectivity index (χ3n) is 6.80. The predicted octanol–water partition coefficient (Wildman–Crippen LogP) is 2.67. The molecule has 0 N–H and O–H groups in total. The normalized spacial score (nSPS) is 25.6. The maximum atomic E-state index is 5.93. The van der Waals surface area contributed by atoms with Gasteiger partial charge in [0.1, 0.15) is 17.8 Å². The highest BCUT2D eigenvalue weighted by atomic mass is 16.5. The molecule has 2 aromatic heterocycles. The van der Waals surface area contributed by atoms with Crippen molar-refractivity contribution in [2.45, 2.75) is 38.5 Å². The Morgan fingerprint density at radius 1 is 1.10 bits per heavy atom. The van der Waals surface area contributed by atoms with Crippen molar-refractivity contribution in [2.75, 3.05) is 32.2 Å². The number of hydrogen-bond donors (Lipinski definition) is 0. The molecule has 4 atom stereocenters. The number of aromatic nitrogens is 6. The Morgan fingerprint density at radius 2 is 1.90 bits per heavy atom. The van der Waals surface area contributed by atoms with Gasteiger partial charge in [0.05, 0.1) is 25.5 Å². The maximum Gasteiger partial charge on any atom is 0.223 e. The van der Waals surface area contributed by atoms with Gasteiger partial charge in [0.15, 0.2) is 0 Å². The summed E-state index contributed by atoms with van der Waals surface area (Å²) in [6.07, 6.45) is 5.80. The van der Waals surface area contributed by atoms with Crippen molar-refractivity contribution in [3.05, 3.63) is 36.8 Å². The molecule has 9 nitrogen and oxygen atoms in total. The van der Waals surface area contributed by atoms with Gasteiger partial charge >= 0.3 is 0 Å². The van der Waals surface area contributed by atoms with E-state index in [1.165, 1.54) is 0 Å². The Labute approximate surface area is 182 Å². The second-order valence-electron chi connectivity index (χ2n) is 8.40. The van der Waals surface area contributed by atoms with E-state index in [2.05, 4.69) is 32.2 Å². The number of para-hydroxylation sites is 1. The van der Waals surface area contributed by atoms with Crippen LogP contribution in [0.4, 0.5) is 5.95 Å². The van der Waals surface area contributed by atoms with Gasteiger partial charge in [-0.15, -0.1) is 5.10 Å². The topological polar surface area (TPSA) is 83.1 Å². The van der Waals surface area contributed by atoms with Crippen LogP contribution in [-0.2, 0) is 11.3 Å². The number of methoxy groups -OCH3 is 2. The van der Waals surface area contributed by atoms with E-state index in [9.17, 15) is 0 Å². The Morgan fingerprint density at radius 3 is 2.68 bits per heavy atom. The molecule has 0 unspecified atom stereocenters. The zero-order valence-corrected chi connectivity index (χ0v) is 18.3. The van der Waals surface area contributed by atoms with Crippen LogP contribution in [0.3, 0.4) is 0 Å². The zero-order valence-electron chi connectivity index (χ0n) is 18.3. The minimum absolute atomic E-state index is 0.109. The number of rotatable bonds is 6. The van der Waals surface area contributed by atoms with Gasteiger partial charge in [-0.1, -0.05) is 17.3 Å². The lowest BCUT2D eigenvalue weighted by molar-refractivity contribution is -0.00541. The van der Waals surface area contributed by atoms with Gasteiger partial charge in [0, 0.05) is 32.3 Å². The van der Waals surface area contributed by atoms with Crippen molar-refractivity contribution in [3.63, 3.8) is 0 Å². The van der Waals surface area contributed by atoms with Crippen LogP contribution in [0.2, 0.25) is 0 Å². The number of ether oxygens (including phenoxy) is 2. The summed E-state index contributed by atoms with van der Waals surface area (Å²) in [7, 11) is 3.48. The van der Waals surface area contributed by atoms with Crippen molar-refractivity contribution >= 4 is 5.95 Å². The zero-order chi connectivity index (χ0) is 21.4. The van der Waals surface area contributed by atoms with Crippen LogP contribution in [0, 0.1) is 11.8 Å². The third kappa shape index (κ3) is 3.56. The molecule has 5 rings (SSSR count). The molecule has 0 amide bonds. The molecule has 3 aromatic rings. The minimum Gasteiger partial charge on any atom is -0.496 e. The first-order chi connectivity index (χ1) is 15.2. The van der Waals surface area contributed by atoms with E-state index in [-0.39, 0.29) is 12.1 Å². The van der Waals surface area contributed by atoms with E-state index in [4.69, 9.17) is 9.47 Å². The Bertz CT molecular complexity index is 1030. The fraction of sp³-hybridized carbons (Fsp3) is 0.545. The number of anilines is 1. The first-order valence-electron chi connectivity index (χ1n) is 10.9. The molecule has 1 saturated heterocycles. The SMILES string of the molecule is CCn1ncnc1N1C[C@H]2C[C@@H](n3cc(-c4ccccc4OC)nn3)[C@H](OC)C[C@H]2C1. The van der Waals surface area contributed by atoms with Crippen LogP contribution in [0.5, 0.6) is 5.75 Å². The van der Waals surface area contributed by atoms with Gasteiger partial charge in [-0.25, -0.2) is 9.36 Å². The molecular formula is C22H29N7O2. The molecule has 164 valence electrons. The summed E-state index contributed by atoms with van der Waals surface area (Å²) in [6, 6.07) is 8.06. The third-order valence-corrected chi connectivity index (χ3v) is 6.80. The number of fused-ring (bicyclic) bond motifs is 1. The molecule has 0 bridgehead atoms. The Hall–Kier alpha value is -2.94. The lowest BCUT2D eigenvalue weighted by Gasteiger charge is -2.36. The van der Waals surface area contributed by atoms with Crippen LogP contribution < -0.4 is 9.64 Å². The van der Waals surface area contributed by atoms with Gasteiger partial charge in [-0.3, -0.25) is 0 Å². The molecule has 1 aliphatic heterocycles. The number of nitrogens with zero attached hydrogens (tertiary/aromatic N) is 7. The first kappa shape index (κ1) is 20.0. The van der Waals surface area contributed by atoms with Crippen molar-refractivity contribution in [3.8, 4) is 17.0 Å². The maximum absolute atomic E-state index is 5.93. The molecule has 0 radical (unpaired) electrons. The lowest BCUT2D eigenvalue weighted by Crippen LogP contribution is -2.37. The first-order valence-corrected chi connectivity index (χ1v) is 10.9. The van der Waals surface area contributed by atoms with Crippen LogP contribution in [0.1, 0.15) is 25.8 Å². The summed E-state index contributed by atoms with van der Waals surface area (Å²) in [6.45, 7) is 4.92. The quantitative estimate of drug-likeness (QED) is 0.603. The number of benzene rings is 1. The van der Waals surface area contributed by atoms with Gasteiger partial charge in [0.2, 0.25) is 5.95 Å². The summed E-state index contributed by atoms with van der Waals surface area (Å²) in [5.74, 6) is 2.92. The van der Waals surface area contributed by atoms with Crippen LogP contribution in [0.25, 0.3) is 11.3 Å². The summed E-state index contributed by atoms with van der Waals surface area (Å²) in [5.41, 5.74) is 1.77. The van der Waals surface area contributed by atoms with Crippen molar-refractivity contribution in [1.82, 2.24) is 29.8 Å². The van der Waals surface area contributed by atoms with E-state index >= 15 is 0 Å². The average Bonchev–Trinajstić information content (AvgIpc) is 3.56. The second kappa shape index (κ2) is 8.30. The largest absolute Gasteiger partial charge is 0.496 e. The predicted molar refractivity (Wildman–Crippen MR) is 116 cm³/mol. The average molecular weight is 424 g/mol. The molecular weight excluding hydrogens is 394 g/mol. The summed E-state index contributed by atoms with van der Waals surface area (Å²) < 4.78 is 15.4. The molecule has 31 heavy (non-hydrogen) atoms. The molecule has 0 spiro atoms. The van der Waals surface area contributed by atoms with Crippen LogP contribution in [0.15, 0.2) is 36.8 Å². The van der Waals surface area contributed by atoms with Crippen molar-refractivity contribution < 1.29 is 9.47 Å². The highest BCUT2D eigenvalue weighted by molar-refractivity contribution is 5.66. The van der Waals surface area contributed by atoms with Gasteiger partial charge in [-0.05, 0) is 43.7 Å². The Kier molecular flexibility index (Phi) is 5.35. The van der Waals surface area contributed by atoms with Crippen molar-refractivity contribution in [2.24, 2.45) is 11.8 Å². The van der Waals surface area contributed by atoms with Crippen LogP contribution in [-0.4, -0.2) is 63.2 Å². The van der Waals surface area contributed by atoms with Gasteiger partial charge in [-0.2, -0.15) is 10.1 Å². The fourth-order valence-electron chi connectivity index (χ4n) is 5.23. The second-order valence-corrected chi connectivity index (χ2v) is 8.40. The van der Waals surface area contributed by atoms with Gasteiger partial charge < -0.3 is 14.4 Å².